The fraction of sp³-hybridized carbons (Fsp3) is 0.100. The van der Waals surface area contributed by atoms with Crippen LogP contribution in [0.2, 0.25) is 0 Å². The number of aromatic nitrogens is 2. The summed E-state index contributed by atoms with van der Waals surface area (Å²) in [6.45, 7) is 2.16. The molecule has 0 aliphatic heterocycles. The first-order valence-electron chi connectivity index (χ1n) is 8.49. The van der Waals surface area contributed by atoms with Crippen molar-refractivity contribution in [3.8, 4) is 0 Å². The van der Waals surface area contributed by atoms with Crippen molar-refractivity contribution in [1.82, 2.24) is 9.78 Å². The van der Waals surface area contributed by atoms with Crippen LogP contribution in [0.3, 0.4) is 0 Å². The summed E-state index contributed by atoms with van der Waals surface area (Å²) < 4.78 is 55.0. The van der Waals surface area contributed by atoms with E-state index in [-0.39, 0.29) is 10.7 Å². The molecule has 4 rings (SSSR count). The van der Waals surface area contributed by atoms with Crippen molar-refractivity contribution in [2.75, 3.05) is 5.32 Å². The standard InChI is InChI=1S/C20H13F4N3OS/c1-10-13-6-18(19(28)25-17-8-15(23)14(22)7-16(17)24)29-20(13)27(26-10)9-11-2-4-12(21)5-3-11/h2-8H,9H2,1H3,(H,25,28). The summed E-state index contributed by atoms with van der Waals surface area (Å²) in [4.78, 5) is 13.5. The highest BCUT2D eigenvalue weighted by atomic mass is 32.1. The molecule has 0 unspecified atom stereocenters. The molecule has 9 heteroatoms. The van der Waals surface area contributed by atoms with Crippen LogP contribution < -0.4 is 5.32 Å². The van der Waals surface area contributed by atoms with Crippen LogP contribution in [0.15, 0.2) is 42.5 Å². The quantitative estimate of drug-likeness (QED) is 0.362. The van der Waals surface area contributed by atoms with Crippen LogP contribution in [-0.2, 0) is 6.54 Å². The number of aryl methyl sites for hydroxylation is 1. The van der Waals surface area contributed by atoms with E-state index in [1.807, 2.05) is 0 Å². The largest absolute Gasteiger partial charge is 0.319 e. The molecule has 148 valence electrons. The molecule has 0 saturated heterocycles. The molecule has 0 aliphatic carbocycles. The molecule has 0 saturated carbocycles. The Balaban J connectivity index is 1.63. The van der Waals surface area contributed by atoms with Gasteiger partial charge in [0.15, 0.2) is 11.6 Å². The molecule has 0 aliphatic rings. The molecule has 0 radical (unpaired) electrons. The second-order valence-corrected chi connectivity index (χ2v) is 7.43. The third-order valence-corrected chi connectivity index (χ3v) is 5.48. The highest BCUT2D eigenvalue weighted by molar-refractivity contribution is 7.20. The number of hydrogen-bond acceptors (Lipinski definition) is 3. The number of fused-ring (bicyclic) bond motifs is 1. The van der Waals surface area contributed by atoms with E-state index in [2.05, 4.69) is 10.4 Å². The van der Waals surface area contributed by atoms with Crippen molar-refractivity contribution in [3.05, 3.63) is 81.9 Å². The summed E-state index contributed by atoms with van der Waals surface area (Å²) in [6.07, 6.45) is 0. The third-order valence-electron chi connectivity index (χ3n) is 4.33. The maximum atomic E-state index is 13.8. The lowest BCUT2D eigenvalue weighted by Crippen LogP contribution is -2.12. The predicted octanol–water partition coefficient (Wildman–Crippen LogP) is 5.26. The number of nitrogens with zero attached hydrogens (tertiary/aromatic N) is 2. The molecule has 0 atom stereocenters. The molecule has 2 heterocycles. The summed E-state index contributed by atoms with van der Waals surface area (Å²) in [5.74, 6) is -4.65. The molecular weight excluding hydrogens is 406 g/mol. The number of nitrogens with one attached hydrogen (secondary N) is 1. The summed E-state index contributed by atoms with van der Waals surface area (Å²) in [6, 6.07) is 8.57. The van der Waals surface area contributed by atoms with Crippen LogP contribution in [0.1, 0.15) is 20.9 Å². The lowest BCUT2D eigenvalue weighted by atomic mass is 10.2. The molecule has 2 aromatic heterocycles. The van der Waals surface area contributed by atoms with E-state index >= 15 is 0 Å². The van der Waals surface area contributed by atoms with Crippen molar-refractivity contribution in [2.45, 2.75) is 13.5 Å². The number of benzene rings is 2. The molecule has 0 spiro atoms. The number of carbonyl (C=O) groups is 1. The van der Waals surface area contributed by atoms with Gasteiger partial charge in [-0.15, -0.1) is 11.3 Å². The van der Waals surface area contributed by atoms with Gasteiger partial charge in [0.25, 0.3) is 5.91 Å². The zero-order valence-corrected chi connectivity index (χ0v) is 15.8. The van der Waals surface area contributed by atoms with Crippen molar-refractivity contribution in [2.24, 2.45) is 0 Å². The summed E-state index contributed by atoms with van der Waals surface area (Å²) in [7, 11) is 0. The van der Waals surface area contributed by atoms with Gasteiger partial charge < -0.3 is 5.32 Å². The van der Waals surface area contributed by atoms with Gasteiger partial charge in [-0.1, -0.05) is 12.1 Å². The molecule has 2 aromatic carbocycles. The van der Waals surface area contributed by atoms with Gasteiger partial charge in [-0.3, -0.25) is 9.48 Å². The van der Waals surface area contributed by atoms with Crippen LogP contribution in [0.5, 0.6) is 0 Å². The summed E-state index contributed by atoms with van der Waals surface area (Å²) >= 11 is 1.13. The minimum atomic E-state index is -1.33. The van der Waals surface area contributed by atoms with E-state index < -0.39 is 29.0 Å². The SMILES string of the molecule is Cc1nn(Cc2ccc(F)cc2)c2sc(C(=O)Nc3cc(F)c(F)cc3F)cc12. The first kappa shape index (κ1) is 19.1. The Morgan fingerprint density at radius 1 is 1.03 bits per heavy atom. The van der Waals surface area contributed by atoms with E-state index in [1.165, 1.54) is 12.1 Å². The predicted molar refractivity (Wildman–Crippen MR) is 102 cm³/mol. The Kier molecular flexibility index (Phi) is 4.83. The second-order valence-electron chi connectivity index (χ2n) is 6.40. The van der Waals surface area contributed by atoms with E-state index in [9.17, 15) is 22.4 Å². The molecule has 1 amide bonds. The first-order chi connectivity index (χ1) is 13.8. The number of anilines is 1. The Labute approximate surface area is 166 Å². The highest BCUT2D eigenvalue weighted by Crippen LogP contribution is 2.30. The van der Waals surface area contributed by atoms with Gasteiger partial charge in [0.05, 0.1) is 22.8 Å². The Hall–Kier alpha value is -3.20. The molecule has 0 fully saturated rings. The van der Waals surface area contributed by atoms with Crippen LogP contribution in [0, 0.1) is 30.2 Å². The fourth-order valence-corrected chi connectivity index (χ4v) is 3.95. The molecule has 0 bridgehead atoms. The number of thiophene rings is 1. The molecular formula is C20H13F4N3OS. The lowest BCUT2D eigenvalue weighted by molar-refractivity contribution is 0.103. The minimum Gasteiger partial charge on any atom is -0.319 e. The fourth-order valence-electron chi connectivity index (χ4n) is 2.90. The molecule has 4 aromatic rings. The number of carbonyl (C=O) groups excluding carboxylic acids is 1. The average molecular weight is 419 g/mol. The van der Waals surface area contributed by atoms with Gasteiger partial charge in [-0.05, 0) is 30.7 Å². The van der Waals surface area contributed by atoms with E-state index in [0.717, 1.165) is 22.3 Å². The monoisotopic (exact) mass is 419 g/mol. The van der Waals surface area contributed by atoms with Gasteiger partial charge >= 0.3 is 0 Å². The Morgan fingerprint density at radius 3 is 2.45 bits per heavy atom. The van der Waals surface area contributed by atoms with Crippen molar-refractivity contribution < 1.29 is 22.4 Å². The summed E-state index contributed by atoms with van der Waals surface area (Å²) in [5, 5.41) is 7.44. The van der Waals surface area contributed by atoms with Gasteiger partial charge in [-0.25, -0.2) is 17.6 Å². The molecule has 4 nitrogen and oxygen atoms in total. The number of halogens is 4. The van der Waals surface area contributed by atoms with Crippen LogP contribution in [0.25, 0.3) is 10.2 Å². The topological polar surface area (TPSA) is 46.9 Å². The Bertz CT molecular complexity index is 1230. The van der Waals surface area contributed by atoms with Gasteiger partial charge in [0, 0.05) is 17.5 Å². The average Bonchev–Trinajstić information content (AvgIpc) is 3.23. The number of rotatable bonds is 4. The Morgan fingerprint density at radius 2 is 1.72 bits per heavy atom. The van der Waals surface area contributed by atoms with Crippen molar-refractivity contribution in [3.63, 3.8) is 0 Å². The van der Waals surface area contributed by atoms with Gasteiger partial charge in [0.2, 0.25) is 0 Å². The van der Waals surface area contributed by atoms with Crippen molar-refractivity contribution >= 4 is 33.1 Å². The van der Waals surface area contributed by atoms with E-state index in [0.29, 0.717) is 29.2 Å². The maximum Gasteiger partial charge on any atom is 0.265 e. The zero-order chi connectivity index (χ0) is 20.7. The van der Waals surface area contributed by atoms with Crippen LogP contribution >= 0.6 is 11.3 Å². The maximum absolute atomic E-state index is 13.8. The summed E-state index contributed by atoms with van der Waals surface area (Å²) in [5.41, 5.74) is 1.08. The van der Waals surface area contributed by atoms with Gasteiger partial charge in [-0.2, -0.15) is 5.10 Å². The first-order valence-corrected chi connectivity index (χ1v) is 9.31. The normalized spacial score (nSPS) is 11.2. The third kappa shape index (κ3) is 3.73. The van der Waals surface area contributed by atoms with Crippen LogP contribution in [0.4, 0.5) is 23.2 Å². The number of hydrogen-bond donors (Lipinski definition) is 1. The van der Waals surface area contributed by atoms with Gasteiger partial charge in [0.1, 0.15) is 16.5 Å². The zero-order valence-electron chi connectivity index (χ0n) is 15.0. The lowest BCUT2D eigenvalue weighted by Gasteiger charge is -2.06. The smallest absolute Gasteiger partial charge is 0.265 e. The van der Waals surface area contributed by atoms with E-state index in [1.54, 1.807) is 29.8 Å². The number of amides is 1. The molecule has 1 N–H and O–H groups in total. The van der Waals surface area contributed by atoms with Crippen molar-refractivity contribution in [1.29, 1.82) is 0 Å². The minimum absolute atomic E-state index is 0.262. The van der Waals surface area contributed by atoms with E-state index in [4.69, 9.17) is 0 Å². The highest BCUT2D eigenvalue weighted by Gasteiger charge is 2.19. The molecule has 29 heavy (non-hydrogen) atoms. The second kappa shape index (κ2) is 7.32. The van der Waals surface area contributed by atoms with Crippen LogP contribution in [-0.4, -0.2) is 15.7 Å².